The monoisotopic (exact) mass is 570 g/mol. The summed E-state index contributed by atoms with van der Waals surface area (Å²) in [7, 11) is 0. The van der Waals surface area contributed by atoms with Gasteiger partial charge in [0, 0.05) is 12.5 Å². The van der Waals surface area contributed by atoms with Crippen molar-refractivity contribution in [2.24, 2.45) is 5.10 Å². The molecule has 3 amide bonds. The fourth-order valence-electron chi connectivity index (χ4n) is 4.58. The van der Waals surface area contributed by atoms with Crippen LogP contribution in [0.2, 0.25) is 0 Å². The highest BCUT2D eigenvalue weighted by molar-refractivity contribution is 6.37. The lowest BCUT2D eigenvalue weighted by molar-refractivity contribution is -0.126. The van der Waals surface area contributed by atoms with Crippen LogP contribution in [-0.4, -0.2) is 48.5 Å². The molecule has 1 atom stereocenters. The zero-order chi connectivity index (χ0) is 30.3. The maximum Gasteiger partial charge on any atom is 0.407 e. The van der Waals surface area contributed by atoms with E-state index >= 15 is 0 Å². The van der Waals surface area contributed by atoms with Crippen LogP contribution in [-0.2, 0) is 25.6 Å². The molecule has 9 heteroatoms. The Balaban J connectivity index is 1.35. The molecule has 0 aromatic heterocycles. The molecule has 3 aromatic carbocycles. The highest BCUT2D eigenvalue weighted by Crippen LogP contribution is 2.44. The number of benzene rings is 3. The summed E-state index contributed by atoms with van der Waals surface area (Å²) in [6.45, 7) is 9.32. The molecule has 0 radical (unpaired) electrons. The van der Waals surface area contributed by atoms with Gasteiger partial charge in [-0.05, 0) is 62.4 Å². The number of rotatable bonds is 10. The van der Waals surface area contributed by atoms with E-state index in [1.54, 1.807) is 0 Å². The van der Waals surface area contributed by atoms with Gasteiger partial charge in [0.1, 0.15) is 18.4 Å². The smallest absolute Gasteiger partial charge is 0.407 e. The maximum absolute atomic E-state index is 13.0. The highest BCUT2D eigenvalue weighted by atomic mass is 16.5. The number of carbonyl (C=O) groups is 3. The standard InChI is InChI=1S/C33H38N4O5/c1-21-14-16-23(17-15-21)18-34-30(38)22(2)36-37-31(39)29(20-42-33(3,4)5)35-32(40)41-19-28-26-12-8-6-10-24(26)25-11-7-9-13-27(25)28/h6-17,28-29H,18-20H2,1-5H3,(H,34,38)(H,35,40)(H,37,39)/b36-22-/t29-/m0/s1. The number of hydrazone groups is 1. The molecule has 0 saturated heterocycles. The average Bonchev–Trinajstić information content (AvgIpc) is 3.29. The zero-order valence-corrected chi connectivity index (χ0v) is 24.7. The van der Waals surface area contributed by atoms with Crippen LogP contribution in [0.5, 0.6) is 0 Å². The van der Waals surface area contributed by atoms with Crippen molar-refractivity contribution in [3.8, 4) is 11.1 Å². The van der Waals surface area contributed by atoms with Crippen LogP contribution in [0.4, 0.5) is 4.79 Å². The Morgan fingerprint density at radius 3 is 2.10 bits per heavy atom. The van der Waals surface area contributed by atoms with Crippen molar-refractivity contribution in [1.82, 2.24) is 16.1 Å². The molecule has 3 N–H and O–H groups in total. The first-order chi connectivity index (χ1) is 20.0. The van der Waals surface area contributed by atoms with Crippen molar-refractivity contribution in [1.29, 1.82) is 0 Å². The Morgan fingerprint density at radius 2 is 1.50 bits per heavy atom. The van der Waals surface area contributed by atoms with Crippen molar-refractivity contribution in [2.75, 3.05) is 13.2 Å². The summed E-state index contributed by atoms with van der Waals surface area (Å²) in [6, 6.07) is 22.8. The van der Waals surface area contributed by atoms with Gasteiger partial charge in [0.05, 0.1) is 12.2 Å². The lowest BCUT2D eigenvalue weighted by atomic mass is 9.98. The van der Waals surface area contributed by atoms with Crippen molar-refractivity contribution in [2.45, 2.75) is 58.7 Å². The summed E-state index contributed by atoms with van der Waals surface area (Å²) in [6.07, 6.45) is -0.758. The zero-order valence-electron chi connectivity index (χ0n) is 24.7. The van der Waals surface area contributed by atoms with Crippen LogP contribution in [0, 0.1) is 6.92 Å². The molecule has 3 aromatic rings. The summed E-state index contributed by atoms with van der Waals surface area (Å²) in [5.74, 6) is -1.19. The van der Waals surface area contributed by atoms with Crippen LogP contribution >= 0.6 is 0 Å². The number of hydrogen-bond donors (Lipinski definition) is 3. The second kappa shape index (κ2) is 13.4. The largest absolute Gasteiger partial charge is 0.449 e. The summed E-state index contributed by atoms with van der Waals surface area (Å²) in [5, 5.41) is 9.31. The van der Waals surface area contributed by atoms with E-state index < -0.39 is 29.6 Å². The first kappa shape index (κ1) is 30.5. The second-order valence-electron chi connectivity index (χ2n) is 11.3. The normalized spacial score (nSPS) is 13.5. The fraction of sp³-hybridized carbons (Fsp3) is 0.333. The third-order valence-corrected chi connectivity index (χ3v) is 6.87. The van der Waals surface area contributed by atoms with Crippen molar-refractivity contribution < 1.29 is 23.9 Å². The van der Waals surface area contributed by atoms with E-state index in [-0.39, 0.29) is 24.8 Å². The first-order valence-electron chi connectivity index (χ1n) is 13.9. The van der Waals surface area contributed by atoms with Crippen LogP contribution in [0.3, 0.4) is 0 Å². The van der Waals surface area contributed by atoms with Crippen LogP contribution < -0.4 is 16.1 Å². The van der Waals surface area contributed by atoms with Gasteiger partial charge in [0.15, 0.2) is 0 Å². The summed E-state index contributed by atoms with van der Waals surface area (Å²) < 4.78 is 11.4. The molecular formula is C33H38N4O5. The predicted octanol–water partition coefficient (Wildman–Crippen LogP) is 4.83. The highest BCUT2D eigenvalue weighted by Gasteiger charge is 2.30. The van der Waals surface area contributed by atoms with E-state index in [1.165, 1.54) is 6.92 Å². The minimum Gasteiger partial charge on any atom is -0.449 e. The van der Waals surface area contributed by atoms with Crippen LogP contribution in [0.1, 0.15) is 55.9 Å². The van der Waals surface area contributed by atoms with E-state index in [0.717, 1.165) is 33.4 Å². The topological polar surface area (TPSA) is 118 Å². The lowest BCUT2D eigenvalue weighted by Gasteiger charge is -2.24. The summed E-state index contributed by atoms with van der Waals surface area (Å²) in [5.41, 5.74) is 8.35. The molecule has 220 valence electrons. The molecule has 42 heavy (non-hydrogen) atoms. The predicted molar refractivity (Wildman–Crippen MR) is 162 cm³/mol. The van der Waals surface area contributed by atoms with Crippen LogP contribution in [0.15, 0.2) is 77.9 Å². The molecule has 9 nitrogen and oxygen atoms in total. The Bertz CT molecular complexity index is 1410. The molecule has 0 spiro atoms. The molecule has 1 aliphatic carbocycles. The van der Waals surface area contributed by atoms with Gasteiger partial charge in [-0.3, -0.25) is 9.59 Å². The van der Waals surface area contributed by atoms with Crippen LogP contribution in [0.25, 0.3) is 11.1 Å². The minimum absolute atomic E-state index is 0.0621. The summed E-state index contributed by atoms with van der Waals surface area (Å²) >= 11 is 0. The van der Waals surface area contributed by atoms with E-state index in [0.29, 0.717) is 6.54 Å². The Hall–Kier alpha value is -4.50. The van der Waals surface area contributed by atoms with Gasteiger partial charge in [0.25, 0.3) is 11.8 Å². The van der Waals surface area contributed by atoms with E-state index in [2.05, 4.69) is 33.3 Å². The van der Waals surface area contributed by atoms with Crippen molar-refractivity contribution >= 4 is 23.6 Å². The Morgan fingerprint density at radius 1 is 0.905 bits per heavy atom. The minimum atomic E-state index is -1.10. The van der Waals surface area contributed by atoms with Gasteiger partial charge in [-0.1, -0.05) is 78.4 Å². The molecule has 0 unspecified atom stereocenters. The molecule has 0 fully saturated rings. The van der Waals surface area contributed by atoms with Crippen molar-refractivity contribution in [3.05, 3.63) is 95.1 Å². The molecule has 1 aliphatic rings. The molecule has 4 rings (SSSR count). The molecular weight excluding hydrogens is 532 g/mol. The third kappa shape index (κ3) is 8.04. The average molecular weight is 571 g/mol. The number of fused-ring (bicyclic) bond motifs is 3. The molecule has 0 aliphatic heterocycles. The fourth-order valence-corrected chi connectivity index (χ4v) is 4.58. The van der Waals surface area contributed by atoms with Crippen molar-refractivity contribution in [3.63, 3.8) is 0 Å². The van der Waals surface area contributed by atoms with Gasteiger partial charge in [0.2, 0.25) is 0 Å². The number of nitrogens with one attached hydrogen (secondary N) is 3. The number of carbonyl (C=O) groups excluding carboxylic acids is 3. The van der Waals surface area contributed by atoms with E-state index in [9.17, 15) is 14.4 Å². The molecule has 0 bridgehead atoms. The van der Waals surface area contributed by atoms with Gasteiger partial charge < -0.3 is 20.1 Å². The number of alkyl carbamates (subject to hydrolysis) is 1. The first-order valence-corrected chi connectivity index (χ1v) is 13.9. The van der Waals surface area contributed by atoms with E-state index in [1.807, 2.05) is 88.4 Å². The van der Waals surface area contributed by atoms with Gasteiger partial charge >= 0.3 is 6.09 Å². The van der Waals surface area contributed by atoms with Gasteiger partial charge in [-0.2, -0.15) is 5.10 Å². The number of ether oxygens (including phenoxy) is 2. The van der Waals surface area contributed by atoms with Gasteiger partial charge in [-0.15, -0.1) is 0 Å². The number of aryl methyl sites for hydroxylation is 1. The number of nitrogens with zero attached hydrogens (tertiary/aromatic N) is 1. The Kier molecular flexibility index (Phi) is 9.75. The summed E-state index contributed by atoms with van der Waals surface area (Å²) in [4.78, 5) is 38.4. The maximum atomic E-state index is 13.0. The lowest BCUT2D eigenvalue weighted by Crippen LogP contribution is -2.50. The second-order valence-corrected chi connectivity index (χ2v) is 11.3. The van der Waals surface area contributed by atoms with E-state index in [4.69, 9.17) is 9.47 Å². The third-order valence-electron chi connectivity index (χ3n) is 6.87. The number of hydrogen-bond acceptors (Lipinski definition) is 6. The molecule has 0 heterocycles. The molecule has 0 saturated carbocycles. The quantitative estimate of drug-likeness (QED) is 0.239. The van der Waals surface area contributed by atoms with Gasteiger partial charge in [-0.25, -0.2) is 10.2 Å². The Labute approximate surface area is 246 Å². The SMILES string of the molecule is C/C(=N/NC(=O)[C@H](COC(C)(C)C)NC(=O)OCC1c2ccccc2-c2ccccc21)C(=O)NCc1ccc(C)cc1. The number of amides is 3.